The molecule has 1 heterocycles. The van der Waals surface area contributed by atoms with Crippen LogP contribution in [-0.2, 0) is 11.3 Å². The molecule has 0 bridgehead atoms. The van der Waals surface area contributed by atoms with E-state index >= 15 is 0 Å². The summed E-state index contributed by atoms with van der Waals surface area (Å²) in [6, 6.07) is 11.1. The van der Waals surface area contributed by atoms with Crippen LogP contribution < -0.4 is 5.32 Å². The Hall–Kier alpha value is -3.02. The lowest BCUT2D eigenvalue weighted by atomic mass is 10.1. The van der Waals surface area contributed by atoms with Crippen LogP contribution in [0.2, 0.25) is 0 Å². The quantitative estimate of drug-likeness (QED) is 0.811. The van der Waals surface area contributed by atoms with E-state index in [4.69, 9.17) is 0 Å². The second-order valence-electron chi connectivity index (χ2n) is 6.32. The number of fused-ring (bicyclic) bond motifs is 1. The second kappa shape index (κ2) is 7.47. The smallest absolute Gasteiger partial charge is 0.261 e. The first kappa shape index (κ1) is 17.8. The average molecular weight is 354 g/mol. The molecule has 0 saturated heterocycles. The molecule has 0 radical (unpaired) electrons. The molecule has 6 heteroatoms. The molecule has 5 nitrogen and oxygen atoms in total. The fourth-order valence-corrected chi connectivity index (χ4v) is 2.90. The lowest BCUT2D eigenvalue weighted by Crippen LogP contribution is -2.32. The summed E-state index contributed by atoms with van der Waals surface area (Å²) in [5, 5.41) is 2.74. The fourth-order valence-electron chi connectivity index (χ4n) is 2.90. The van der Waals surface area contributed by atoms with Crippen molar-refractivity contribution in [2.24, 2.45) is 0 Å². The third-order valence-corrected chi connectivity index (χ3v) is 4.31. The van der Waals surface area contributed by atoms with Crippen molar-refractivity contribution < 1.29 is 18.8 Å². The molecule has 0 saturated carbocycles. The van der Waals surface area contributed by atoms with Gasteiger partial charge in [0.2, 0.25) is 5.91 Å². The van der Waals surface area contributed by atoms with E-state index in [1.54, 1.807) is 30.3 Å². The lowest BCUT2D eigenvalue weighted by molar-refractivity contribution is -0.121. The summed E-state index contributed by atoms with van der Waals surface area (Å²) in [6.07, 6.45) is 0.591. The zero-order valence-electron chi connectivity index (χ0n) is 14.4. The van der Waals surface area contributed by atoms with Crippen LogP contribution in [-0.4, -0.2) is 29.2 Å². The number of halogens is 1. The van der Waals surface area contributed by atoms with Gasteiger partial charge in [0.25, 0.3) is 11.8 Å². The van der Waals surface area contributed by atoms with Gasteiger partial charge in [-0.15, -0.1) is 0 Å². The highest BCUT2D eigenvalue weighted by atomic mass is 19.1. The number of benzene rings is 2. The number of imide groups is 1. The van der Waals surface area contributed by atoms with E-state index in [0.717, 1.165) is 11.1 Å². The van der Waals surface area contributed by atoms with Crippen LogP contribution >= 0.6 is 0 Å². The summed E-state index contributed by atoms with van der Waals surface area (Å²) in [6.45, 7) is 2.38. The van der Waals surface area contributed by atoms with E-state index in [2.05, 4.69) is 5.32 Å². The number of nitrogens with zero attached hydrogens (tertiary/aromatic N) is 1. The zero-order valence-corrected chi connectivity index (χ0v) is 14.4. The van der Waals surface area contributed by atoms with Crippen LogP contribution in [0.25, 0.3) is 0 Å². The van der Waals surface area contributed by atoms with Crippen molar-refractivity contribution >= 4 is 17.7 Å². The predicted octanol–water partition coefficient (Wildman–Crippen LogP) is 2.83. The summed E-state index contributed by atoms with van der Waals surface area (Å²) in [5.41, 5.74) is 2.57. The molecule has 0 unspecified atom stereocenters. The summed E-state index contributed by atoms with van der Waals surface area (Å²) >= 11 is 0. The number of hydrogen-bond donors (Lipinski definition) is 1. The molecule has 2 aromatic rings. The molecule has 1 aliphatic rings. The number of rotatable bonds is 6. The van der Waals surface area contributed by atoms with Gasteiger partial charge < -0.3 is 5.32 Å². The van der Waals surface area contributed by atoms with E-state index in [9.17, 15) is 18.8 Å². The van der Waals surface area contributed by atoms with Crippen LogP contribution in [0.1, 0.15) is 44.7 Å². The summed E-state index contributed by atoms with van der Waals surface area (Å²) < 4.78 is 12.8. The van der Waals surface area contributed by atoms with Crippen molar-refractivity contribution in [2.75, 3.05) is 6.54 Å². The molecule has 0 fully saturated rings. The van der Waals surface area contributed by atoms with Gasteiger partial charge in [0, 0.05) is 19.5 Å². The maximum absolute atomic E-state index is 12.8. The molecule has 0 atom stereocenters. The van der Waals surface area contributed by atoms with Gasteiger partial charge in [-0.2, -0.15) is 0 Å². The number of carbonyl (C=O) groups excluding carboxylic acids is 3. The Kier molecular flexibility index (Phi) is 5.11. The molecular weight excluding hydrogens is 335 g/mol. The van der Waals surface area contributed by atoms with Gasteiger partial charge in [-0.05, 0) is 43.2 Å². The van der Waals surface area contributed by atoms with Crippen LogP contribution in [0.5, 0.6) is 0 Å². The van der Waals surface area contributed by atoms with Crippen molar-refractivity contribution in [3.8, 4) is 0 Å². The van der Waals surface area contributed by atoms with Gasteiger partial charge in [0.15, 0.2) is 0 Å². The van der Waals surface area contributed by atoms with Crippen molar-refractivity contribution in [3.05, 3.63) is 70.5 Å². The normalized spacial score (nSPS) is 13.1. The third kappa shape index (κ3) is 3.79. The fraction of sp³-hybridized carbons (Fsp3) is 0.250. The highest BCUT2D eigenvalue weighted by Crippen LogP contribution is 2.24. The Morgan fingerprint density at radius 2 is 1.73 bits per heavy atom. The predicted molar refractivity (Wildman–Crippen MR) is 94.0 cm³/mol. The third-order valence-electron chi connectivity index (χ3n) is 4.31. The Balaban J connectivity index is 1.47. The SMILES string of the molecule is Cc1ccc2c(c1)C(=O)N(CCCC(=O)NCc1ccc(F)cc1)C2=O. The minimum Gasteiger partial charge on any atom is -0.352 e. The van der Waals surface area contributed by atoms with Gasteiger partial charge in [-0.25, -0.2) is 4.39 Å². The largest absolute Gasteiger partial charge is 0.352 e. The van der Waals surface area contributed by atoms with E-state index in [-0.39, 0.29) is 36.5 Å². The molecule has 0 aliphatic carbocycles. The minimum atomic E-state index is -0.323. The van der Waals surface area contributed by atoms with Crippen molar-refractivity contribution in [1.82, 2.24) is 10.2 Å². The topological polar surface area (TPSA) is 66.5 Å². The Morgan fingerprint density at radius 3 is 2.46 bits per heavy atom. The van der Waals surface area contributed by atoms with Crippen molar-refractivity contribution in [2.45, 2.75) is 26.3 Å². The van der Waals surface area contributed by atoms with Crippen LogP contribution in [0.15, 0.2) is 42.5 Å². The number of carbonyl (C=O) groups is 3. The molecule has 1 N–H and O–H groups in total. The first-order chi connectivity index (χ1) is 12.5. The lowest BCUT2D eigenvalue weighted by Gasteiger charge is -2.13. The molecule has 134 valence electrons. The van der Waals surface area contributed by atoms with Gasteiger partial charge in [-0.1, -0.05) is 23.8 Å². The van der Waals surface area contributed by atoms with Crippen LogP contribution in [0.4, 0.5) is 4.39 Å². The molecule has 0 spiro atoms. The van der Waals surface area contributed by atoms with Crippen LogP contribution in [0.3, 0.4) is 0 Å². The summed E-state index contributed by atoms with van der Waals surface area (Å²) in [4.78, 5) is 37.8. The summed E-state index contributed by atoms with van der Waals surface area (Å²) in [7, 11) is 0. The maximum Gasteiger partial charge on any atom is 0.261 e. The molecular formula is C20H19FN2O3. The number of amides is 3. The number of nitrogens with one attached hydrogen (secondary N) is 1. The molecule has 3 rings (SSSR count). The van der Waals surface area contributed by atoms with Gasteiger partial charge >= 0.3 is 0 Å². The molecule has 1 aliphatic heterocycles. The number of aryl methyl sites for hydroxylation is 1. The molecule has 2 aromatic carbocycles. The highest BCUT2D eigenvalue weighted by Gasteiger charge is 2.34. The Labute approximate surface area is 150 Å². The van der Waals surface area contributed by atoms with E-state index in [1.807, 2.05) is 6.92 Å². The van der Waals surface area contributed by atoms with E-state index in [0.29, 0.717) is 24.1 Å². The van der Waals surface area contributed by atoms with Crippen molar-refractivity contribution in [1.29, 1.82) is 0 Å². The molecule has 0 aromatic heterocycles. The van der Waals surface area contributed by atoms with Gasteiger partial charge in [0.1, 0.15) is 5.82 Å². The monoisotopic (exact) mass is 354 g/mol. The molecule has 3 amide bonds. The Morgan fingerprint density at radius 1 is 1.04 bits per heavy atom. The van der Waals surface area contributed by atoms with E-state index in [1.165, 1.54) is 17.0 Å². The second-order valence-corrected chi connectivity index (χ2v) is 6.32. The molecule has 26 heavy (non-hydrogen) atoms. The maximum atomic E-state index is 12.8. The average Bonchev–Trinajstić information content (AvgIpc) is 2.85. The summed E-state index contributed by atoms with van der Waals surface area (Å²) in [5.74, 6) is -1.12. The van der Waals surface area contributed by atoms with Gasteiger partial charge in [0.05, 0.1) is 11.1 Å². The Bertz CT molecular complexity index is 862. The zero-order chi connectivity index (χ0) is 18.7. The highest BCUT2D eigenvalue weighted by molar-refractivity contribution is 6.21. The van der Waals surface area contributed by atoms with Gasteiger partial charge in [-0.3, -0.25) is 19.3 Å². The van der Waals surface area contributed by atoms with Crippen molar-refractivity contribution in [3.63, 3.8) is 0 Å². The van der Waals surface area contributed by atoms with Crippen LogP contribution in [0, 0.1) is 12.7 Å². The minimum absolute atomic E-state index is 0.179. The first-order valence-corrected chi connectivity index (χ1v) is 8.43. The first-order valence-electron chi connectivity index (χ1n) is 8.43. The van der Waals surface area contributed by atoms with E-state index < -0.39 is 0 Å². The number of hydrogen-bond acceptors (Lipinski definition) is 3. The standard InChI is InChI=1S/C20H19FN2O3/c1-13-4-9-16-17(11-13)20(26)23(19(16)25)10-2-3-18(24)22-12-14-5-7-15(21)8-6-14/h4-9,11H,2-3,10,12H2,1H3,(H,22,24).